The summed E-state index contributed by atoms with van der Waals surface area (Å²) in [6, 6.07) is 1.40. The lowest BCUT2D eigenvalue weighted by Gasteiger charge is -2.15. The van der Waals surface area contributed by atoms with Gasteiger partial charge in [0.2, 0.25) is 0 Å². The lowest BCUT2D eigenvalue weighted by atomic mass is 9.97. The fourth-order valence-corrected chi connectivity index (χ4v) is 1.50. The molecule has 2 atom stereocenters. The number of aromatic nitrogens is 1. The molecule has 0 fully saturated rings. The van der Waals surface area contributed by atoms with E-state index in [9.17, 15) is 9.18 Å². The summed E-state index contributed by atoms with van der Waals surface area (Å²) in [5, 5.41) is 0. The van der Waals surface area contributed by atoms with Crippen LogP contribution in [-0.4, -0.2) is 15.6 Å². The van der Waals surface area contributed by atoms with Crippen molar-refractivity contribution < 1.29 is 9.18 Å². The normalized spacial score (nSPS) is 14.9. The first-order valence-electron chi connectivity index (χ1n) is 4.27. The summed E-state index contributed by atoms with van der Waals surface area (Å²) in [7, 11) is 0. The molecule has 1 heterocycles. The van der Waals surface area contributed by atoms with Gasteiger partial charge in [0.15, 0.2) is 0 Å². The fourth-order valence-electron chi connectivity index (χ4n) is 1.20. The lowest BCUT2D eigenvalue weighted by Crippen LogP contribution is -2.17. The van der Waals surface area contributed by atoms with Crippen molar-refractivity contribution in [3.8, 4) is 0 Å². The van der Waals surface area contributed by atoms with Crippen molar-refractivity contribution >= 4 is 21.7 Å². The second kappa shape index (κ2) is 4.64. The van der Waals surface area contributed by atoms with Crippen LogP contribution in [0.3, 0.4) is 0 Å². The zero-order valence-corrected chi connectivity index (χ0v) is 9.58. The summed E-state index contributed by atoms with van der Waals surface area (Å²) in [5.74, 6) is -0.421. The maximum absolute atomic E-state index is 12.8. The number of alkyl halides is 1. The molecule has 0 saturated carbocycles. The van der Waals surface area contributed by atoms with Crippen molar-refractivity contribution in [2.75, 3.05) is 0 Å². The first kappa shape index (κ1) is 11.3. The SMILES string of the molecule is CC(=O)C(Br)C(C)c1cncc(F)c1. The number of nitrogens with zero attached hydrogens (tertiary/aromatic N) is 1. The molecule has 0 amide bonds. The van der Waals surface area contributed by atoms with Crippen molar-refractivity contribution in [3.05, 3.63) is 29.8 Å². The third-order valence-electron chi connectivity index (χ3n) is 2.08. The van der Waals surface area contributed by atoms with Gasteiger partial charge in [-0.25, -0.2) is 4.39 Å². The molecule has 76 valence electrons. The van der Waals surface area contributed by atoms with E-state index in [1.807, 2.05) is 6.92 Å². The third kappa shape index (κ3) is 2.61. The Morgan fingerprint density at radius 1 is 1.57 bits per heavy atom. The van der Waals surface area contributed by atoms with E-state index >= 15 is 0 Å². The number of hydrogen-bond donors (Lipinski definition) is 0. The summed E-state index contributed by atoms with van der Waals surface area (Å²) < 4.78 is 12.8. The Balaban J connectivity index is 2.89. The average Bonchev–Trinajstić information content (AvgIpc) is 2.15. The monoisotopic (exact) mass is 259 g/mol. The lowest BCUT2D eigenvalue weighted by molar-refractivity contribution is -0.116. The maximum atomic E-state index is 12.8. The Labute approximate surface area is 90.7 Å². The largest absolute Gasteiger partial charge is 0.299 e. The molecule has 2 unspecified atom stereocenters. The van der Waals surface area contributed by atoms with Crippen molar-refractivity contribution in [3.63, 3.8) is 0 Å². The number of hydrogen-bond acceptors (Lipinski definition) is 2. The van der Waals surface area contributed by atoms with Crippen LogP contribution < -0.4 is 0 Å². The highest BCUT2D eigenvalue weighted by molar-refractivity contribution is 9.10. The molecule has 0 bridgehead atoms. The Morgan fingerprint density at radius 2 is 2.21 bits per heavy atom. The highest BCUT2D eigenvalue weighted by Gasteiger charge is 2.20. The minimum absolute atomic E-state index is 0.0294. The number of rotatable bonds is 3. The van der Waals surface area contributed by atoms with Gasteiger partial charge in [0.25, 0.3) is 0 Å². The van der Waals surface area contributed by atoms with Crippen LogP contribution in [0.5, 0.6) is 0 Å². The van der Waals surface area contributed by atoms with Crippen LogP contribution in [0.15, 0.2) is 18.5 Å². The van der Waals surface area contributed by atoms with Gasteiger partial charge in [-0.05, 0) is 18.6 Å². The van der Waals surface area contributed by atoms with Gasteiger partial charge in [-0.1, -0.05) is 22.9 Å². The molecular weight excluding hydrogens is 249 g/mol. The Kier molecular flexibility index (Phi) is 3.75. The molecule has 0 aliphatic rings. The van der Waals surface area contributed by atoms with Gasteiger partial charge in [0.1, 0.15) is 11.6 Å². The zero-order chi connectivity index (χ0) is 10.7. The van der Waals surface area contributed by atoms with Crippen LogP contribution in [0.2, 0.25) is 0 Å². The predicted molar refractivity (Wildman–Crippen MR) is 56.0 cm³/mol. The third-order valence-corrected chi connectivity index (χ3v) is 3.52. The standard InChI is InChI=1S/C10H11BrFNO/c1-6(10(11)7(2)14)8-3-9(12)5-13-4-8/h3-6,10H,1-2H3. The molecule has 1 aromatic heterocycles. The number of carbonyl (C=O) groups is 1. The van der Waals surface area contributed by atoms with Gasteiger partial charge >= 0.3 is 0 Å². The van der Waals surface area contributed by atoms with Crippen molar-refractivity contribution in [1.82, 2.24) is 4.98 Å². The number of ketones is 1. The van der Waals surface area contributed by atoms with Gasteiger partial charge in [-0.15, -0.1) is 0 Å². The molecule has 0 aliphatic carbocycles. The predicted octanol–water partition coefficient (Wildman–Crippen LogP) is 2.68. The van der Waals surface area contributed by atoms with Crippen LogP contribution in [-0.2, 0) is 4.79 Å². The number of Topliss-reactive ketones (excluding diaryl/α,β-unsaturated/α-hetero) is 1. The summed E-state index contributed by atoms with van der Waals surface area (Å²) in [6.45, 7) is 3.36. The minimum Gasteiger partial charge on any atom is -0.299 e. The first-order valence-corrected chi connectivity index (χ1v) is 5.19. The molecule has 0 saturated heterocycles. The van der Waals surface area contributed by atoms with Gasteiger partial charge in [0.05, 0.1) is 11.0 Å². The summed E-state index contributed by atoms with van der Waals surface area (Å²) in [4.78, 5) is 14.5. The number of pyridine rings is 1. The second-order valence-corrected chi connectivity index (χ2v) is 4.22. The van der Waals surface area contributed by atoms with Gasteiger partial charge in [0, 0.05) is 12.1 Å². The average molecular weight is 260 g/mol. The Bertz CT molecular complexity index is 343. The van der Waals surface area contributed by atoms with Gasteiger partial charge in [-0.3, -0.25) is 9.78 Å². The highest BCUT2D eigenvalue weighted by atomic mass is 79.9. The maximum Gasteiger partial charge on any atom is 0.144 e. The molecule has 0 aliphatic heterocycles. The van der Waals surface area contributed by atoms with Crippen LogP contribution in [0.25, 0.3) is 0 Å². The fraction of sp³-hybridized carbons (Fsp3) is 0.400. The summed E-state index contributed by atoms with van der Waals surface area (Å²) in [5.41, 5.74) is 0.724. The highest BCUT2D eigenvalue weighted by Crippen LogP contribution is 2.24. The van der Waals surface area contributed by atoms with Gasteiger partial charge in [-0.2, -0.15) is 0 Å². The molecule has 4 heteroatoms. The van der Waals surface area contributed by atoms with Crippen LogP contribution in [0.1, 0.15) is 25.3 Å². The van der Waals surface area contributed by atoms with Crippen molar-refractivity contribution in [1.29, 1.82) is 0 Å². The molecule has 0 radical (unpaired) electrons. The van der Waals surface area contributed by atoms with Crippen molar-refractivity contribution in [2.45, 2.75) is 24.6 Å². The molecule has 2 nitrogen and oxygen atoms in total. The number of carbonyl (C=O) groups excluding carboxylic acids is 1. The van der Waals surface area contributed by atoms with Crippen LogP contribution in [0.4, 0.5) is 4.39 Å². The van der Waals surface area contributed by atoms with Crippen molar-refractivity contribution in [2.24, 2.45) is 0 Å². The van der Waals surface area contributed by atoms with E-state index in [-0.39, 0.29) is 22.3 Å². The molecule has 0 N–H and O–H groups in total. The van der Waals surface area contributed by atoms with Crippen LogP contribution >= 0.6 is 15.9 Å². The molecule has 0 aromatic carbocycles. The summed E-state index contributed by atoms with van der Waals surface area (Å²) in [6.07, 6.45) is 2.72. The van der Waals surface area contributed by atoms with E-state index in [1.54, 1.807) is 6.20 Å². The van der Waals surface area contributed by atoms with E-state index in [4.69, 9.17) is 0 Å². The van der Waals surface area contributed by atoms with Gasteiger partial charge < -0.3 is 0 Å². The Hall–Kier alpha value is -0.770. The smallest absolute Gasteiger partial charge is 0.144 e. The van der Waals surface area contributed by atoms with E-state index in [0.717, 1.165) is 11.8 Å². The van der Waals surface area contributed by atoms with E-state index in [0.29, 0.717) is 0 Å². The molecular formula is C10H11BrFNO. The number of halogens is 2. The van der Waals surface area contributed by atoms with E-state index < -0.39 is 0 Å². The second-order valence-electron chi connectivity index (χ2n) is 3.24. The Morgan fingerprint density at radius 3 is 2.71 bits per heavy atom. The molecule has 1 rings (SSSR count). The topological polar surface area (TPSA) is 30.0 Å². The van der Waals surface area contributed by atoms with E-state index in [2.05, 4.69) is 20.9 Å². The molecule has 14 heavy (non-hydrogen) atoms. The minimum atomic E-state index is -0.377. The quantitative estimate of drug-likeness (QED) is 0.782. The molecule has 0 spiro atoms. The van der Waals surface area contributed by atoms with E-state index in [1.165, 1.54) is 13.0 Å². The molecule has 1 aromatic rings. The zero-order valence-electron chi connectivity index (χ0n) is 8.00. The van der Waals surface area contributed by atoms with Crippen LogP contribution in [0, 0.1) is 5.82 Å². The first-order chi connectivity index (χ1) is 6.52. The summed E-state index contributed by atoms with van der Waals surface area (Å²) >= 11 is 3.27.